The predicted octanol–water partition coefficient (Wildman–Crippen LogP) is 5.10. The highest BCUT2D eigenvalue weighted by Gasteiger charge is 2.16. The molecule has 4 rings (SSSR count). The average molecular weight is 404 g/mol. The zero-order valence-electron chi connectivity index (χ0n) is 15.9. The van der Waals surface area contributed by atoms with Crippen LogP contribution in [0, 0.1) is 0 Å². The fourth-order valence-corrected chi connectivity index (χ4v) is 3.86. The normalized spacial score (nSPS) is 10.8. The molecule has 0 atom stereocenters. The minimum Gasteiger partial charge on any atom is -0.459 e. The van der Waals surface area contributed by atoms with E-state index >= 15 is 0 Å². The second-order valence-corrected chi connectivity index (χ2v) is 7.40. The van der Waals surface area contributed by atoms with Gasteiger partial charge in [0.05, 0.1) is 6.26 Å². The van der Waals surface area contributed by atoms with Crippen molar-refractivity contribution in [2.24, 2.45) is 0 Å². The molecule has 4 aromatic rings. The average Bonchev–Trinajstić information content (AvgIpc) is 3.42. The molecule has 0 aliphatic rings. The molecule has 0 aliphatic heterocycles. The second kappa shape index (κ2) is 8.79. The van der Waals surface area contributed by atoms with Gasteiger partial charge < -0.3 is 14.3 Å². The molecule has 146 valence electrons. The molecule has 2 aromatic heterocycles. The van der Waals surface area contributed by atoms with E-state index in [1.165, 1.54) is 0 Å². The molecule has 0 unspecified atom stereocenters. The van der Waals surface area contributed by atoms with E-state index in [0.29, 0.717) is 17.2 Å². The van der Waals surface area contributed by atoms with Crippen LogP contribution in [-0.4, -0.2) is 20.7 Å². The van der Waals surface area contributed by atoms with Gasteiger partial charge in [0.2, 0.25) is 0 Å². The maximum atomic E-state index is 12.8. The summed E-state index contributed by atoms with van der Waals surface area (Å²) in [6.45, 7) is 2.80. The summed E-state index contributed by atoms with van der Waals surface area (Å²) in [5.41, 5.74) is 2.43. The lowest BCUT2D eigenvalue weighted by molar-refractivity contribution is 0.0996. The quantitative estimate of drug-likeness (QED) is 0.434. The Morgan fingerprint density at radius 3 is 2.83 bits per heavy atom. The number of aryl methyl sites for hydroxylation is 1. The van der Waals surface area contributed by atoms with Gasteiger partial charge in [0.15, 0.2) is 11.6 Å². The van der Waals surface area contributed by atoms with Crippen LogP contribution in [0.5, 0.6) is 0 Å². The van der Waals surface area contributed by atoms with Gasteiger partial charge >= 0.3 is 0 Å². The van der Waals surface area contributed by atoms with E-state index in [1.807, 2.05) is 72.2 Å². The zero-order chi connectivity index (χ0) is 20.1. The summed E-state index contributed by atoms with van der Waals surface area (Å²) in [4.78, 5) is 13.9. The monoisotopic (exact) mass is 404 g/mol. The first-order valence-corrected chi connectivity index (χ1v) is 10.3. The SMILES string of the molecule is CCn1cnnc1-c1cccc(NC(=O)c2occc2CSc2ccccc2)c1. The molecule has 2 aromatic carbocycles. The number of nitrogens with zero attached hydrogens (tertiary/aromatic N) is 3. The van der Waals surface area contributed by atoms with Crippen LogP contribution >= 0.6 is 11.8 Å². The number of hydrogen-bond donors (Lipinski definition) is 1. The maximum Gasteiger partial charge on any atom is 0.291 e. The predicted molar refractivity (Wildman–Crippen MR) is 114 cm³/mol. The van der Waals surface area contributed by atoms with Gasteiger partial charge in [-0.15, -0.1) is 22.0 Å². The zero-order valence-corrected chi connectivity index (χ0v) is 16.7. The van der Waals surface area contributed by atoms with Gasteiger partial charge in [-0.2, -0.15) is 0 Å². The van der Waals surface area contributed by atoms with Crippen molar-refractivity contribution in [2.75, 3.05) is 5.32 Å². The molecule has 2 heterocycles. The third-order valence-corrected chi connectivity index (χ3v) is 5.49. The molecule has 0 radical (unpaired) electrons. The van der Waals surface area contributed by atoms with E-state index in [1.54, 1.807) is 24.4 Å². The summed E-state index contributed by atoms with van der Waals surface area (Å²) in [6, 6.07) is 19.5. The number of thioether (sulfide) groups is 1. The number of rotatable bonds is 7. The van der Waals surface area contributed by atoms with Gasteiger partial charge in [-0.05, 0) is 37.3 Å². The topological polar surface area (TPSA) is 73.0 Å². The van der Waals surface area contributed by atoms with Gasteiger partial charge in [-0.1, -0.05) is 30.3 Å². The van der Waals surface area contributed by atoms with Crippen molar-refractivity contribution in [1.82, 2.24) is 14.8 Å². The number of nitrogens with one attached hydrogen (secondary N) is 1. The summed E-state index contributed by atoms with van der Waals surface area (Å²) in [7, 11) is 0. The summed E-state index contributed by atoms with van der Waals surface area (Å²) >= 11 is 1.66. The Morgan fingerprint density at radius 1 is 1.14 bits per heavy atom. The first kappa shape index (κ1) is 19.0. The molecule has 0 saturated heterocycles. The minimum absolute atomic E-state index is 0.271. The van der Waals surface area contributed by atoms with Crippen LogP contribution in [0.25, 0.3) is 11.4 Å². The molecule has 0 aliphatic carbocycles. The molecule has 0 saturated carbocycles. The van der Waals surface area contributed by atoms with E-state index in [2.05, 4.69) is 15.5 Å². The molecule has 0 fully saturated rings. The van der Waals surface area contributed by atoms with Crippen molar-refractivity contribution in [1.29, 1.82) is 0 Å². The fraction of sp³-hybridized carbons (Fsp3) is 0.136. The Labute approximate surface area is 173 Å². The number of aromatic nitrogens is 3. The maximum absolute atomic E-state index is 12.8. The highest BCUT2D eigenvalue weighted by Crippen LogP contribution is 2.26. The fourth-order valence-electron chi connectivity index (χ4n) is 2.96. The van der Waals surface area contributed by atoms with E-state index < -0.39 is 0 Å². The summed E-state index contributed by atoms with van der Waals surface area (Å²) in [6.07, 6.45) is 3.25. The molecule has 0 spiro atoms. The van der Waals surface area contributed by atoms with Crippen molar-refractivity contribution >= 4 is 23.4 Å². The third kappa shape index (κ3) is 4.41. The molecule has 29 heavy (non-hydrogen) atoms. The van der Waals surface area contributed by atoms with Crippen LogP contribution in [0.2, 0.25) is 0 Å². The molecule has 0 bridgehead atoms. The summed E-state index contributed by atoms with van der Waals surface area (Å²) < 4.78 is 7.43. The van der Waals surface area contributed by atoms with Crippen molar-refractivity contribution in [3.8, 4) is 11.4 Å². The van der Waals surface area contributed by atoms with Gasteiger partial charge in [-0.25, -0.2) is 0 Å². The highest BCUT2D eigenvalue weighted by molar-refractivity contribution is 7.98. The van der Waals surface area contributed by atoms with Crippen LogP contribution in [0.15, 0.2) is 82.6 Å². The number of carbonyl (C=O) groups excluding carboxylic acids is 1. The van der Waals surface area contributed by atoms with Gasteiger partial charge in [0, 0.05) is 34.0 Å². The second-order valence-electron chi connectivity index (χ2n) is 6.35. The minimum atomic E-state index is -0.271. The Balaban J connectivity index is 1.48. The first-order valence-electron chi connectivity index (χ1n) is 9.28. The largest absolute Gasteiger partial charge is 0.459 e. The molecular weight excluding hydrogens is 384 g/mol. The number of amides is 1. The van der Waals surface area contributed by atoms with E-state index in [4.69, 9.17) is 4.42 Å². The molecule has 7 heteroatoms. The van der Waals surface area contributed by atoms with Gasteiger partial charge in [0.25, 0.3) is 5.91 Å². The standard InChI is InChI=1S/C22H20N4O2S/c1-2-26-15-23-25-21(26)16-7-6-8-18(13-16)24-22(27)20-17(11-12-28-20)14-29-19-9-4-3-5-10-19/h3-13,15H,2,14H2,1H3,(H,24,27). The number of carbonyl (C=O) groups is 1. The lowest BCUT2D eigenvalue weighted by Crippen LogP contribution is -2.12. The van der Waals surface area contributed by atoms with E-state index in [0.717, 1.165) is 28.4 Å². The number of anilines is 1. The van der Waals surface area contributed by atoms with Crippen LogP contribution in [0.3, 0.4) is 0 Å². The molecule has 1 amide bonds. The Morgan fingerprint density at radius 2 is 2.00 bits per heavy atom. The number of benzene rings is 2. The summed E-state index contributed by atoms with van der Waals surface area (Å²) in [5.74, 6) is 1.48. The van der Waals surface area contributed by atoms with E-state index in [9.17, 15) is 4.79 Å². The van der Waals surface area contributed by atoms with Crippen LogP contribution in [0.1, 0.15) is 23.0 Å². The molecular formula is C22H20N4O2S. The van der Waals surface area contributed by atoms with E-state index in [-0.39, 0.29) is 5.91 Å². The lowest BCUT2D eigenvalue weighted by atomic mass is 10.2. The third-order valence-electron chi connectivity index (χ3n) is 4.43. The van der Waals surface area contributed by atoms with Crippen molar-refractivity contribution in [3.05, 3.63) is 84.6 Å². The smallest absolute Gasteiger partial charge is 0.291 e. The summed E-state index contributed by atoms with van der Waals surface area (Å²) in [5, 5.41) is 11.1. The van der Waals surface area contributed by atoms with Crippen LogP contribution in [-0.2, 0) is 12.3 Å². The Kier molecular flexibility index (Phi) is 5.76. The van der Waals surface area contributed by atoms with Crippen molar-refractivity contribution in [2.45, 2.75) is 24.1 Å². The van der Waals surface area contributed by atoms with Crippen molar-refractivity contribution in [3.63, 3.8) is 0 Å². The Hall–Kier alpha value is -3.32. The Bertz CT molecular complexity index is 1100. The van der Waals surface area contributed by atoms with Crippen molar-refractivity contribution < 1.29 is 9.21 Å². The first-order chi connectivity index (χ1) is 14.2. The van der Waals surface area contributed by atoms with Gasteiger partial charge in [0.1, 0.15) is 6.33 Å². The lowest BCUT2D eigenvalue weighted by Gasteiger charge is -2.08. The number of furan rings is 1. The van der Waals surface area contributed by atoms with Gasteiger partial charge in [-0.3, -0.25) is 4.79 Å². The molecule has 6 nitrogen and oxygen atoms in total. The highest BCUT2D eigenvalue weighted by atomic mass is 32.2. The number of hydrogen-bond acceptors (Lipinski definition) is 5. The van der Waals surface area contributed by atoms with Crippen LogP contribution < -0.4 is 5.32 Å². The molecule has 1 N–H and O–H groups in total. The van der Waals surface area contributed by atoms with Crippen LogP contribution in [0.4, 0.5) is 5.69 Å².